The molecular weight excluding hydrogens is 605 g/mol. The Morgan fingerprint density at radius 2 is 0.740 bits per heavy atom. The van der Waals surface area contributed by atoms with Crippen LogP contribution in [0.3, 0.4) is 0 Å². The molecule has 0 amide bonds. The molecule has 0 aliphatic rings. The standard InChI is InChI=1S/C48H34N2/c1-5-13-34(14-6-1)36-21-26-41(27-22-36)49-46-28-23-39(31-43(46)37-17-9-3-10-18-37)40-25-30-48-45(33-40)44-32-38(35-15-7-2-8-16-35)24-29-47(44)50(48)42-19-11-4-12-20-42/h1-33,49H. The maximum atomic E-state index is 3.72. The first-order valence-corrected chi connectivity index (χ1v) is 17.1. The van der Waals surface area contributed by atoms with E-state index in [1.807, 2.05) is 0 Å². The second-order valence-electron chi connectivity index (χ2n) is 12.7. The molecule has 0 saturated carbocycles. The average molecular weight is 639 g/mol. The Labute approximate surface area is 292 Å². The second kappa shape index (κ2) is 12.8. The third-order valence-corrected chi connectivity index (χ3v) is 9.60. The van der Waals surface area contributed by atoms with Gasteiger partial charge in [-0.2, -0.15) is 0 Å². The van der Waals surface area contributed by atoms with E-state index in [4.69, 9.17) is 0 Å². The summed E-state index contributed by atoms with van der Waals surface area (Å²) in [4.78, 5) is 0. The minimum atomic E-state index is 1.05. The van der Waals surface area contributed by atoms with Gasteiger partial charge in [0.2, 0.25) is 0 Å². The molecule has 9 rings (SSSR count). The fourth-order valence-electron chi connectivity index (χ4n) is 7.09. The first-order chi connectivity index (χ1) is 24.8. The third-order valence-electron chi connectivity index (χ3n) is 9.60. The van der Waals surface area contributed by atoms with Crippen LogP contribution in [-0.2, 0) is 0 Å². The summed E-state index contributed by atoms with van der Waals surface area (Å²) >= 11 is 0. The van der Waals surface area contributed by atoms with Crippen molar-refractivity contribution in [3.05, 3.63) is 200 Å². The molecule has 2 heteroatoms. The monoisotopic (exact) mass is 638 g/mol. The van der Waals surface area contributed by atoms with Crippen LogP contribution in [-0.4, -0.2) is 4.57 Å². The Morgan fingerprint density at radius 1 is 0.320 bits per heavy atom. The number of fused-ring (bicyclic) bond motifs is 3. The van der Waals surface area contributed by atoms with Crippen LogP contribution in [0, 0.1) is 0 Å². The number of rotatable bonds is 7. The number of nitrogens with one attached hydrogen (secondary N) is 1. The van der Waals surface area contributed by atoms with Gasteiger partial charge in [0, 0.05) is 33.4 Å². The molecule has 2 nitrogen and oxygen atoms in total. The molecule has 0 aliphatic carbocycles. The summed E-state index contributed by atoms with van der Waals surface area (Å²) in [6.07, 6.45) is 0. The zero-order chi connectivity index (χ0) is 33.3. The summed E-state index contributed by atoms with van der Waals surface area (Å²) < 4.78 is 2.38. The molecule has 0 fully saturated rings. The van der Waals surface area contributed by atoms with Gasteiger partial charge in [0.05, 0.1) is 11.0 Å². The molecule has 1 heterocycles. The van der Waals surface area contributed by atoms with Crippen LogP contribution in [0.15, 0.2) is 200 Å². The average Bonchev–Trinajstić information content (AvgIpc) is 3.53. The Bertz CT molecular complexity index is 2570. The van der Waals surface area contributed by atoms with Gasteiger partial charge in [-0.1, -0.05) is 140 Å². The summed E-state index contributed by atoms with van der Waals surface area (Å²) in [5.74, 6) is 0. The van der Waals surface area contributed by atoms with Gasteiger partial charge >= 0.3 is 0 Å². The van der Waals surface area contributed by atoms with Crippen molar-refractivity contribution >= 4 is 33.2 Å². The van der Waals surface area contributed by atoms with Crippen molar-refractivity contribution in [3.63, 3.8) is 0 Å². The smallest absolute Gasteiger partial charge is 0.0541 e. The molecule has 1 aromatic heterocycles. The van der Waals surface area contributed by atoms with Crippen molar-refractivity contribution in [1.82, 2.24) is 4.57 Å². The molecule has 0 bridgehead atoms. The van der Waals surface area contributed by atoms with Gasteiger partial charge < -0.3 is 9.88 Å². The second-order valence-corrected chi connectivity index (χ2v) is 12.7. The quantitative estimate of drug-likeness (QED) is 0.184. The van der Waals surface area contributed by atoms with Crippen molar-refractivity contribution in [2.45, 2.75) is 0 Å². The molecule has 0 radical (unpaired) electrons. The maximum Gasteiger partial charge on any atom is 0.0541 e. The predicted molar refractivity (Wildman–Crippen MR) is 212 cm³/mol. The summed E-state index contributed by atoms with van der Waals surface area (Å²) in [6, 6.07) is 71.7. The van der Waals surface area contributed by atoms with Crippen molar-refractivity contribution < 1.29 is 0 Å². The van der Waals surface area contributed by atoms with E-state index in [0.717, 1.165) is 22.6 Å². The van der Waals surface area contributed by atoms with Crippen LogP contribution in [0.4, 0.5) is 11.4 Å². The molecular formula is C48H34N2. The third kappa shape index (κ3) is 5.53. The molecule has 0 spiro atoms. The maximum absolute atomic E-state index is 3.72. The van der Waals surface area contributed by atoms with E-state index in [0.29, 0.717) is 0 Å². The Kier molecular flexibility index (Phi) is 7.53. The van der Waals surface area contributed by atoms with Crippen molar-refractivity contribution in [2.24, 2.45) is 0 Å². The lowest BCUT2D eigenvalue weighted by Crippen LogP contribution is -1.95. The zero-order valence-corrected chi connectivity index (χ0v) is 27.5. The van der Waals surface area contributed by atoms with E-state index in [2.05, 4.69) is 210 Å². The molecule has 0 saturated heterocycles. The summed E-state index contributed by atoms with van der Waals surface area (Å²) in [7, 11) is 0. The van der Waals surface area contributed by atoms with Gasteiger partial charge in [0.15, 0.2) is 0 Å². The van der Waals surface area contributed by atoms with Crippen molar-refractivity contribution in [3.8, 4) is 50.2 Å². The van der Waals surface area contributed by atoms with Crippen LogP contribution < -0.4 is 5.32 Å². The van der Waals surface area contributed by atoms with Gasteiger partial charge in [-0.3, -0.25) is 0 Å². The highest BCUT2D eigenvalue weighted by atomic mass is 15.0. The molecule has 0 aliphatic heterocycles. The molecule has 8 aromatic carbocycles. The van der Waals surface area contributed by atoms with E-state index in [1.165, 1.54) is 60.8 Å². The normalized spacial score (nSPS) is 11.2. The molecule has 50 heavy (non-hydrogen) atoms. The highest BCUT2D eigenvalue weighted by Crippen LogP contribution is 2.39. The highest BCUT2D eigenvalue weighted by molar-refractivity contribution is 6.11. The minimum absolute atomic E-state index is 1.05. The largest absolute Gasteiger partial charge is 0.355 e. The fraction of sp³-hybridized carbons (Fsp3) is 0. The summed E-state index contributed by atoms with van der Waals surface area (Å²) in [6.45, 7) is 0. The van der Waals surface area contributed by atoms with Crippen LogP contribution in [0.1, 0.15) is 0 Å². The number of benzene rings is 8. The topological polar surface area (TPSA) is 17.0 Å². The molecule has 236 valence electrons. The molecule has 0 unspecified atom stereocenters. The Balaban J connectivity index is 1.15. The first-order valence-electron chi connectivity index (χ1n) is 17.1. The number of para-hydroxylation sites is 1. The number of aromatic nitrogens is 1. The van der Waals surface area contributed by atoms with E-state index >= 15 is 0 Å². The summed E-state index contributed by atoms with van der Waals surface area (Å²) in [5.41, 5.74) is 15.2. The Hall–Kier alpha value is -6.64. The number of hydrogen-bond donors (Lipinski definition) is 1. The molecule has 1 N–H and O–H groups in total. The predicted octanol–water partition coefficient (Wildman–Crippen LogP) is 13.2. The number of nitrogens with zero attached hydrogens (tertiary/aromatic N) is 1. The van der Waals surface area contributed by atoms with Crippen LogP contribution >= 0.6 is 0 Å². The van der Waals surface area contributed by atoms with Crippen LogP contribution in [0.2, 0.25) is 0 Å². The number of hydrogen-bond acceptors (Lipinski definition) is 1. The van der Waals surface area contributed by atoms with Gasteiger partial charge in [-0.05, 0) is 99.6 Å². The molecule has 9 aromatic rings. The van der Waals surface area contributed by atoms with E-state index in [9.17, 15) is 0 Å². The molecule has 0 atom stereocenters. The lowest BCUT2D eigenvalue weighted by Gasteiger charge is -2.15. The number of anilines is 2. The Morgan fingerprint density at radius 3 is 1.32 bits per heavy atom. The van der Waals surface area contributed by atoms with E-state index < -0.39 is 0 Å². The van der Waals surface area contributed by atoms with Gasteiger partial charge in [-0.15, -0.1) is 0 Å². The van der Waals surface area contributed by atoms with Crippen LogP contribution in [0.25, 0.3) is 72.0 Å². The SMILES string of the molecule is c1ccc(-c2ccc(Nc3ccc(-c4ccc5c(c4)c4cc(-c6ccccc6)ccc4n5-c4ccccc4)cc3-c3ccccc3)cc2)cc1. The lowest BCUT2D eigenvalue weighted by molar-refractivity contribution is 1.18. The first kappa shape index (κ1) is 29.5. The van der Waals surface area contributed by atoms with Crippen molar-refractivity contribution in [1.29, 1.82) is 0 Å². The van der Waals surface area contributed by atoms with Gasteiger partial charge in [-0.25, -0.2) is 0 Å². The van der Waals surface area contributed by atoms with Gasteiger partial charge in [0.1, 0.15) is 0 Å². The lowest BCUT2D eigenvalue weighted by atomic mass is 9.96. The highest BCUT2D eigenvalue weighted by Gasteiger charge is 2.16. The fourth-order valence-corrected chi connectivity index (χ4v) is 7.09. The zero-order valence-electron chi connectivity index (χ0n) is 27.5. The van der Waals surface area contributed by atoms with E-state index in [1.54, 1.807) is 0 Å². The minimum Gasteiger partial charge on any atom is -0.355 e. The van der Waals surface area contributed by atoms with Gasteiger partial charge in [0.25, 0.3) is 0 Å². The van der Waals surface area contributed by atoms with Crippen LogP contribution in [0.5, 0.6) is 0 Å². The van der Waals surface area contributed by atoms with Crippen molar-refractivity contribution in [2.75, 3.05) is 5.32 Å². The van der Waals surface area contributed by atoms with E-state index in [-0.39, 0.29) is 0 Å². The summed E-state index contributed by atoms with van der Waals surface area (Å²) in [5, 5.41) is 6.20.